The summed E-state index contributed by atoms with van der Waals surface area (Å²) in [5.74, 6) is 0. The highest BCUT2D eigenvalue weighted by atomic mass is 16.3. The van der Waals surface area contributed by atoms with E-state index in [-0.39, 0.29) is 6.10 Å². The predicted octanol–water partition coefficient (Wildman–Crippen LogP) is 1.73. The number of nitriles is 1. The molecular weight excluding hydrogens is 200 g/mol. The van der Waals surface area contributed by atoms with Crippen molar-refractivity contribution in [3.63, 3.8) is 0 Å². The maximum atomic E-state index is 9.10. The Hall–Kier alpha value is -1.37. The lowest BCUT2D eigenvalue weighted by Gasteiger charge is -2.09. The molecule has 1 rings (SSSR count). The van der Waals surface area contributed by atoms with Crippen LogP contribution in [0.3, 0.4) is 0 Å². The van der Waals surface area contributed by atoms with Gasteiger partial charge in [-0.15, -0.1) is 0 Å². The standard InChI is InChI=1S/C13H18N2O/c1-10-7-12(8-14)3-4-13(10)9-15-6-5-11(2)16/h3-4,7,11,15-16H,5-6,9H2,1-2H3. The van der Waals surface area contributed by atoms with Gasteiger partial charge in [-0.05, 0) is 50.1 Å². The first-order valence-corrected chi connectivity index (χ1v) is 5.52. The quantitative estimate of drug-likeness (QED) is 0.740. The number of rotatable bonds is 5. The van der Waals surface area contributed by atoms with Crippen LogP contribution in [0.2, 0.25) is 0 Å². The minimum absolute atomic E-state index is 0.255. The van der Waals surface area contributed by atoms with E-state index in [1.807, 2.05) is 25.1 Å². The molecule has 0 amide bonds. The molecule has 1 aromatic rings. The molecule has 0 saturated heterocycles. The zero-order chi connectivity index (χ0) is 12.0. The summed E-state index contributed by atoms with van der Waals surface area (Å²) in [5, 5.41) is 21.1. The fraction of sp³-hybridized carbons (Fsp3) is 0.462. The smallest absolute Gasteiger partial charge is 0.0991 e. The summed E-state index contributed by atoms with van der Waals surface area (Å²) < 4.78 is 0. The van der Waals surface area contributed by atoms with E-state index in [0.29, 0.717) is 5.56 Å². The zero-order valence-electron chi connectivity index (χ0n) is 9.83. The molecule has 0 saturated carbocycles. The van der Waals surface area contributed by atoms with Crippen molar-refractivity contribution in [3.8, 4) is 6.07 Å². The van der Waals surface area contributed by atoms with Gasteiger partial charge in [-0.25, -0.2) is 0 Å². The normalized spacial score (nSPS) is 12.1. The molecule has 1 aromatic carbocycles. The van der Waals surface area contributed by atoms with Crippen LogP contribution < -0.4 is 5.32 Å². The van der Waals surface area contributed by atoms with E-state index in [0.717, 1.165) is 25.1 Å². The van der Waals surface area contributed by atoms with E-state index in [9.17, 15) is 0 Å². The lowest BCUT2D eigenvalue weighted by atomic mass is 10.1. The van der Waals surface area contributed by atoms with E-state index in [1.165, 1.54) is 5.56 Å². The van der Waals surface area contributed by atoms with E-state index in [2.05, 4.69) is 11.4 Å². The average Bonchev–Trinajstić information content (AvgIpc) is 2.25. The van der Waals surface area contributed by atoms with Gasteiger partial charge in [0.25, 0.3) is 0 Å². The highest BCUT2D eigenvalue weighted by molar-refractivity contribution is 5.37. The second-order valence-corrected chi connectivity index (χ2v) is 4.07. The predicted molar refractivity (Wildman–Crippen MR) is 63.9 cm³/mol. The van der Waals surface area contributed by atoms with Gasteiger partial charge in [-0.1, -0.05) is 6.07 Å². The van der Waals surface area contributed by atoms with Gasteiger partial charge in [0.1, 0.15) is 0 Å². The number of benzene rings is 1. The highest BCUT2D eigenvalue weighted by Crippen LogP contribution is 2.10. The molecule has 0 aliphatic heterocycles. The first kappa shape index (κ1) is 12.7. The minimum Gasteiger partial charge on any atom is -0.393 e. The SMILES string of the molecule is Cc1cc(C#N)ccc1CNCCC(C)O. The molecule has 0 aliphatic rings. The lowest BCUT2D eigenvalue weighted by Crippen LogP contribution is -2.19. The molecule has 1 unspecified atom stereocenters. The first-order valence-electron chi connectivity index (χ1n) is 5.52. The molecule has 0 radical (unpaired) electrons. The molecule has 2 N–H and O–H groups in total. The number of nitrogens with one attached hydrogen (secondary N) is 1. The Bertz CT molecular complexity index is 380. The molecule has 16 heavy (non-hydrogen) atoms. The maximum absolute atomic E-state index is 9.10. The van der Waals surface area contributed by atoms with Crippen molar-refractivity contribution in [2.24, 2.45) is 0 Å². The Kier molecular flexibility index (Phi) is 4.97. The van der Waals surface area contributed by atoms with Gasteiger partial charge in [0.2, 0.25) is 0 Å². The Morgan fingerprint density at radius 2 is 2.25 bits per heavy atom. The van der Waals surface area contributed by atoms with Gasteiger partial charge in [-0.2, -0.15) is 5.26 Å². The molecule has 0 fully saturated rings. The molecule has 0 aromatic heterocycles. The van der Waals surface area contributed by atoms with Crippen molar-refractivity contribution in [2.45, 2.75) is 32.9 Å². The number of aliphatic hydroxyl groups excluding tert-OH is 1. The first-order chi connectivity index (χ1) is 7.63. The van der Waals surface area contributed by atoms with Gasteiger partial charge in [0.15, 0.2) is 0 Å². The number of nitrogens with zero attached hydrogens (tertiary/aromatic N) is 1. The van der Waals surface area contributed by atoms with Crippen molar-refractivity contribution in [3.05, 3.63) is 34.9 Å². The van der Waals surface area contributed by atoms with Crippen molar-refractivity contribution >= 4 is 0 Å². The van der Waals surface area contributed by atoms with Crippen LogP contribution in [0.25, 0.3) is 0 Å². The zero-order valence-corrected chi connectivity index (χ0v) is 9.83. The van der Waals surface area contributed by atoms with Crippen molar-refractivity contribution in [2.75, 3.05) is 6.54 Å². The Labute approximate surface area is 96.7 Å². The van der Waals surface area contributed by atoms with E-state index in [1.54, 1.807) is 6.92 Å². The summed E-state index contributed by atoms with van der Waals surface area (Å²) >= 11 is 0. The van der Waals surface area contributed by atoms with Crippen LogP contribution in [0.15, 0.2) is 18.2 Å². The summed E-state index contributed by atoms with van der Waals surface area (Å²) in [6, 6.07) is 7.83. The fourth-order valence-electron chi connectivity index (χ4n) is 1.50. The Morgan fingerprint density at radius 1 is 1.50 bits per heavy atom. The van der Waals surface area contributed by atoms with Crippen molar-refractivity contribution in [1.29, 1.82) is 5.26 Å². The summed E-state index contributed by atoms with van der Waals surface area (Å²) in [4.78, 5) is 0. The topological polar surface area (TPSA) is 56.0 Å². The third-order valence-corrected chi connectivity index (χ3v) is 2.53. The molecule has 86 valence electrons. The fourth-order valence-corrected chi connectivity index (χ4v) is 1.50. The van der Waals surface area contributed by atoms with Gasteiger partial charge in [-0.3, -0.25) is 0 Å². The van der Waals surface area contributed by atoms with E-state index in [4.69, 9.17) is 10.4 Å². The molecule has 1 atom stereocenters. The van der Waals surface area contributed by atoms with Crippen molar-refractivity contribution in [1.82, 2.24) is 5.32 Å². The third kappa shape index (κ3) is 4.01. The molecule has 0 heterocycles. The van der Waals surface area contributed by atoms with Crippen molar-refractivity contribution < 1.29 is 5.11 Å². The summed E-state index contributed by atoms with van der Waals surface area (Å²) in [6.07, 6.45) is 0.504. The number of hydrogen-bond donors (Lipinski definition) is 2. The molecule has 3 heteroatoms. The van der Waals surface area contributed by atoms with Gasteiger partial charge in [0, 0.05) is 6.54 Å². The van der Waals surface area contributed by atoms with Crippen LogP contribution in [-0.4, -0.2) is 17.8 Å². The average molecular weight is 218 g/mol. The van der Waals surface area contributed by atoms with E-state index >= 15 is 0 Å². The van der Waals surface area contributed by atoms with Crippen LogP contribution in [0, 0.1) is 18.3 Å². The van der Waals surface area contributed by atoms with Gasteiger partial charge < -0.3 is 10.4 Å². The van der Waals surface area contributed by atoms with E-state index < -0.39 is 0 Å². The second-order valence-electron chi connectivity index (χ2n) is 4.07. The monoisotopic (exact) mass is 218 g/mol. The number of aliphatic hydroxyl groups is 1. The van der Waals surface area contributed by atoms with Crippen LogP contribution in [0.1, 0.15) is 30.0 Å². The lowest BCUT2D eigenvalue weighted by molar-refractivity contribution is 0.183. The molecule has 0 bridgehead atoms. The Balaban J connectivity index is 2.46. The summed E-state index contributed by atoms with van der Waals surface area (Å²) in [6.45, 7) is 5.38. The van der Waals surface area contributed by atoms with Gasteiger partial charge >= 0.3 is 0 Å². The summed E-state index contributed by atoms with van der Waals surface area (Å²) in [7, 11) is 0. The maximum Gasteiger partial charge on any atom is 0.0991 e. The molecular formula is C13H18N2O. The molecule has 3 nitrogen and oxygen atoms in total. The minimum atomic E-state index is -0.255. The number of aryl methyl sites for hydroxylation is 1. The summed E-state index contributed by atoms with van der Waals surface area (Å²) in [5.41, 5.74) is 3.03. The van der Waals surface area contributed by atoms with Crippen LogP contribution >= 0.6 is 0 Å². The van der Waals surface area contributed by atoms with Crippen LogP contribution in [0.5, 0.6) is 0 Å². The highest BCUT2D eigenvalue weighted by Gasteiger charge is 2.00. The largest absolute Gasteiger partial charge is 0.393 e. The second kappa shape index (κ2) is 6.26. The Morgan fingerprint density at radius 3 is 2.81 bits per heavy atom. The molecule has 0 spiro atoms. The van der Waals surface area contributed by atoms with Gasteiger partial charge in [0.05, 0.1) is 17.7 Å². The number of hydrogen-bond acceptors (Lipinski definition) is 3. The van der Waals surface area contributed by atoms with Crippen LogP contribution in [-0.2, 0) is 6.54 Å². The third-order valence-electron chi connectivity index (χ3n) is 2.53. The van der Waals surface area contributed by atoms with Crippen LogP contribution in [0.4, 0.5) is 0 Å². The molecule has 0 aliphatic carbocycles.